The van der Waals surface area contributed by atoms with E-state index in [4.69, 9.17) is 4.74 Å². The monoisotopic (exact) mass is 337 g/mol. The van der Waals surface area contributed by atoms with E-state index < -0.39 is 30.4 Å². The summed E-state index contributed by atoms with van der Waals surface area (Å²) in [6.07, 6.45) is -2.92. The number of nitrogens with zero attached hydrogens (tertiary/aromatic N) is 2. The Morgan fingerprint density at radius 1 is 1.39 bits per heavy atom. The third-order valence-corrected chi connectivity index (χ3v) is 2.75. The Morgan fingerprint density at radius 3 is 2.61 bits per heavy atom. The number of aromatic nitrogens is 2. The van der Waals surface area contributed by atoms with Gasteiger partial charge in [0.25, 0.3) is 5.91 Å². The van der Waals surface area contributed by atoms with Gasteiger partial charge in [-0.15, -0.1) is 0 Å². The highest BCUT2D eigenvalue weighted by molar-refractivity contribution is 5.80. The average molecular weight is 337 g/mol. The van der Waals surface area contributed by atoms with Gasteiger partial charge in [-0.1, -0.05) is 6.92 Å². The molecule has 0 aliphatic carbocycles. The lowest BCUT2D eigenvalue weighted by Gasteiger charge is -2.16. The Balaban J connectivity index is 2.39. The second kappa shape index (κ2) is 8.36. The number of carbonyl (C=O) groups is 2. The molecule has 0 saturated carbocycles. The smallest absolute Gasteiger partial charge is 0.383 e. The zero-order chi connectivity index (χ0) is 17.5. The van der Waals surface area contributed by atoms with Crippen molar-refractivity contribution < 1.29 is 27.5 Å². The number of halogens is 3. The summed E-state index contributed by atoms with van der Waals surface area (Å²) in [6, 6.07) is -0.125. The summed E-state index contributed by atoms with van der Waals surface area (Å²) in [5.74, 6) is -0.725. The number of alkyl halides is 3. The van der Waals surface area contributed by atoms with E-state index in [0.717, 1.165) is 16.9 Å². The second-order valence-corrected chi connectivity index (χ2v) is 4.60. The van der Waals surface area contributed by atoms with Crippen LogP contribution in [0, 0.1) is 0 Å². The van der Waals surface area contributed by atoms with E-state index in [0.29, 0.717) is 13.0 Å². The quantitative estimate of drug-likeness (QED) is 0.664. The molecule has 0 saturated heterocycles. The normalized spacial score (nSPS) is 12.6. The Kier molecular flexibility index (Phi) is 6.82. The van der Waals surface area contributed by atoms with Crippen LogP contribution >= 0.6 is 0 Å². The van der Waals surface area contributed by atoms with Gasteiger partial charge < -0.3 is 10.1 Å². The Hall–Kier alpha value is -2.30. The lowest BCUT2D eigenvalue weighted by Crippen LogP contribution is -2.51. The van der Waals surface area contributed by atoms with E-state index in [-0.39, 0.29) is 6.04 Å². The van der Waals surface area contributed by atoms with Crippen LogP contribution in [-0.2, 0) is 22.3 Å². The molecule has 0 aromatic carbocycles. The molecule has 1 aromatic rings. The largest absolute Gasteiger partial charge is 0.435 e. The van der Waals surface area contributed by atoms with Crippen molar-refractivity contribution in [3.05, 3.63) is 18.0 Å². The van der Waals surface area contributed by atoms with E-state index in [2.05, 4.69) is 21.3 Å². The van der Waals surface area contributed by atoms with Crippen molar-refractivity contribution in [1.29, 1.82) is 0 Å². The van der Waals surface area contributed by atoms with Crippen LogP contribution < -0.4 is 16.2 Å². The first-order chi connectivity index (χ1) is 10.8. The van der Waals surface area contributed by atoms with Gasteiger partial charge in [-0.05, 0) is 12.5 Å². The molecule has 1 aromatic heterocycles. The Morgan fingerprint density at radius 2 is 2.09 bits per heavy atom. The fourth-order valence-corrected chi connectivity index (χ4v) is 1.60. The van der Waals surface area contributed by atoms with Gasteiger partial charge >= 0.3 is 12.2 Å². The third-order valence-electron chi connectivity index (χ3n) is 2.75. The van der Waals surface area contributed by atoms with Crippen molar-refractivity contribution in [1.82, 2.24) is 25.9 Å². The van der Waals surface area contributed by atoms with Gasteiger partial charge in [0, 0.05) is 13.3 Å². The molecule has 0 radical (unpaired) electrons. The van der Waals surface area contributed by atoms with Gasteiger partial charge in [-0.3, -0.25) is 14.9 Å². The number of hydrazine groups is 1. The molecule has 0 aliphatic heterocycles. The van der Waals surface area contributed by atoms with Gasteiger partial charge in [0.2, 0.25) is 0 Å². The minimum atomic E-state index is -4.57. The fourth-order valence-electron chi connectivity index (χ4n) is 1.60. The van der Waals surface area contributed by atoms with Crippen LogP contribution in [0.4, 0.5) is 18.0 Å². The van der Waals surface area contributed by atoms with E-state index in [1.165, 1.54) is 7.11 Å². The lowest BCUT2D eigenvalue weighted by atomic mass is 10.2. The Labute approximate surface area is 130 Å². The first kappa shape index (κ1) is 18.7. The summed E-state index contributed by atoms with van der Waals surface area (Å²) < 4.78 is 42.8. The predicted octanol–water partition coefficient (Wildman–Crippen LogP) is 0.657. The molecule has 130 valence electrons. The summed E-state index contributed by atoms with van der Waals surface area (Å²) in [4.78, 5) is 23.1. The minimum Gasteiger partial charge on any atom is -0.383 e. The second-order valence-electron chi connectivity index (χ2n) is 4.60. The number of ether oxygens (including phenoxy) is 1. The van der Waals surface area contributed by atoms with Crippen LogP contribution in [0.5, 0.6) is 0 Å². The highest BCUT2D eigenvalue weighted by atomic mass is 19.4. The summed E-state index contributed by atoms with van der Waals surface area (Å²) in [5, 5.41) is 5.77. The topological polar surface area (TPSA) is 97.3 Å². The van der Waals surface area contributed by atoms with E-state index in [9.17, 15) is 22.8 Å². The van der Waals surface area contributed by atoms with Gasteiger partial charge in [-0.25, -0.2) is 10.2 Å². The standard InChI is InChI=1S/C12H18F3N5O3/c1-3-8(7-23-2)16-11(22)18-17-10(21)6-20-5-4-9(19-20)12(13,14)15/h4-5,8H,3,6-7H2,1-2H3,(H,17,21)(H2,16,18,22)/t8-/m0/s1. The third kappa shape index (κ3) is 6.55. The van der Waals surface area contributed by atoms with Gasteiger partial charge in [-0.2, -0.15) is 18.3 Å². The molecule has 0 unspecified atom stereocenters. The molecule has 0 spiro atoms. The number of methoxy groups -OCH3 is 1. The van der Waals surface area contributed by atoms with Crippen LogP contribution in [0.2, 0.25) is 0 Å². The predicted molar refractivity (Wildman–Crippen MR) is 73.0 cm³/mol. The van der Waals surface area contributed by atoms with E-state index in [1.807, 2.05) is 6.92 Å². The number of nitrogens with one attached hydrogen (secondary N) is 3. The number of carbonyl (C=O) groups excluding carboxylic acids is 2. The molecule has 23 heavy (non-hydrogen) atoms. The summed E-state index contributed by atoms with van der Waals surface area (Å²) in [7, 11) is 1.49. The molecule has 0 bridgehead atoms. The van der Waals surface area contributed by atoms with Crippen molar-refractivity contribution in [2.75, 3.05) is 13.7 Å². The highest BCUT2D eigenvalue weighted by Gasteiger charge is 2.33. The highest BCUT2D eigenvalue weighted by Crippen LogP contribution is 2.27. The summed E-state index contributed by atoms with van der Waals surface area (Å²) in [6.45, 7) is 1.69. The SMILES string of the molecule is CC[C@@H](COC)NC(=O)NNC(=O)Cn1ccc(C(F)(F)F)n1. The molecule has 1 heterocycles. The number of amides is 3. The minimum absolute atomic E-state index is 0.225. The lowest BCUT2D eigenvalue weighted by molar-refractivity contribution is -0.141. The maximum absolute atomic E-state index is 12.4. The van der Waals surface area contributed by atoms with Gasteiger partial charge in [0.05, 0.1) is 12.6 Å². The number of rotatable bonds is 6. The van der Waals surface area contributed by atoms with Gasteiger partial charge in [0.15, 0.2) is 5.69 Å². The van der Waals surface area contributed by atoms with E-state index in [1.54, 1.807) is 0 Å². The first-order valence-corrected chi connectivity index (χ1v) is 6.71. The Bertz CT molecular complexity index is 532. The maximum Gasteiger partial charge on any atom is 0.435 e. The van der Waals surface area contributed by atoms with Gasteiger partial charge in [0.1, 0.15) is 6.54 Å². The van der Waals surface area contributed by atoms with Crippen molar-refractivity contribution in [3.8, 4) is 0 Å². The molecule has 8 nitrogen and oxygen atoms in total. The molecule has 11 heteroatoms. The molecular weight excluding hydrogens is 319 g/mol. The van der Waals surface area contributed by atoms with Crippen LogP contribution in [0.15, 0.2) is 12.3 Å². The fraction of sp³-hybridized carbons (Fsp3) is 0.583. The van der Waals surface area contributed by atoms with Crippen LogP contribution in [-0.4, -0.2) is 41.5 Å². The number of urea groups is 1. The van der Waals surface area contributed by atoms with Crippen molar-refractivity contribution >= 4 is 11.9 Å². The van der Waals surface area contributed by atoms with Crippen LogP contribution in [0.25, 0.3) is 0 Å². The molecule has 3 N–H and O–H groups in total. The summed E-state index contributed by atoms with van der Waals surface area (Å²) in [5.41, 5.74) is 3.07. The molecule has 0 aliphatic rings. The number of hydrogen-bond donors (Lipinski definition) is 3. The number of hydrogen-bond acceptors (Lipinski definition) is 4. The molecule has 1 rings (SSSR count). The zero-order valence-electron chi connectivity index (χ0n) is 12.6. The maximum atomic E-state index is 12.4. The van der Waals surface area contributed by atoms with Crippen molar-refractivity contribution in [2.45, 2.75) is 32.1 Å². The molecule has 1 atom stereocenters. The first-order valence-electron chi connectivity index (χ1n) is 6.71. The van der Waals surface area contributed by atoms with Crippen LogP contribution in [0.1, 0.15) is 19.0 Å². The van der Waals surface area contributed by atoms with E-state index >= 15 is 0 Å². The average Bonchev–Trinajstić information content (AvgIpc) is 2.93. The summed E-state index contributed by atoms with van der Waals surface area (Å²) >= 11 is 0. The van der Waals surface area contributed by atoms with Crippen LogP contribution in [0.3, 0.4) is 0 Å². The van der Waals surface area contributed by atoms with Crippen molar-refractivity contribution in [3.63, 3.8) is 0 Å². The molecule has 3 amide bonds. The van der Waals surface area contributed by atoms with Crippen molar-refractivity contribution in [2.24, 2.45) is 0 Å². The zero-order valence-corrected chi connectivity index (χ0v) is 12.6. The molecular formula is C12H18F3N5O3. The molecule has 0 fully saturated rings.